The zero-order valence-corrected chi connectivity index (χ0v) is 13.4. The quantitative estimate of drug-likeness (QED) is 0.795. The molecule has 2 aliphatic rings. The first-order valence-corrected chi connectivity index (χ1v) is 8.24. The lowest BCUT2D eigenvalue weighted by atomic mass is 10.2. The largest absolute Gasteiger partial charge is 0.349 e. The summed E-state index contributed by atoms with van der Waals surface area (Å²) < 4.78 is 13.1. The van der Waals surface area contributed by atoms with E-state index in [1.54, 1.807) is 15.8 Å². The Hall–Kier alpha value is -1.86. The van der Waals surface area contributed by atoms with Gasteiger partial charge in [-0.3, -0.25) is 19.7 Å². The van der Waals surface area contributed by atoms with E-state index in [9.17, 15) is 9.59 Å². The normalized spacial score (nSPS) is 23.2. The van der Waals surface area contributed by atoms with Crippen molar-refractivity contribution in [2.45, 2.75) is 45.1 Å². The van der Waals surface area contributed by atoms with E-state index in [2.05, 4.69) is 12.3 Å². The summed E-state index contributed by atoms with van der Waals surface area (Å²) in [5, 5.41) is 0. The Labute approximate surface area is 135 Å². The number of aromatic nitrogens is 1. The molecule has 7 heteroatoms. The molecule has 23 heavy (non-hydrogen) atoms. The fourth-order valence-electron chi connectivity index (χ4n) is 2.92. The van der Waals surface area contributed by atoms with Crippen LogP contribution in [0.5, 0.6) is 0 Å². The molecule has 0 aromatic carbocycles. The van der Waals surface area contributed by atoms with E-state index < -0.39 is 6.29 Å². The van der Waals surface area contributed by atoms with Crippen LogP contribution in [0.3, 0.4) is 0 Å². The number of morpholine rings is 1. The highest BCUT2D eigenvalue weighted by atomic mass is 16.7. The fourth-order valence-corrected chi connectivity index (χ4v) is 2.92. The molecule has 0 radical (unpaired) electrons. The molecule has 1 aromatic heterocycles. The number of nitrogens with zero attached hydrogens (tertiary/aromatic N) is 2. The second-order valence-corrected chi connectivity index (χ2v) is 5.86. The van der Waals surface area contributed by atoms with Gasteiger partial charge in [-0.05, 0) is 6.42 Å². The number of unbranched alkanes of at least 4 members (excludes halogenated alkanes) is 3. The molecule has 2 atom stereocenters. The highest BCUT2D eigenvalue weighted by Crippen LogP contribution is 2.21. The van der Waals surface area contributed by atoms with E-state index in [0.717, 1.165) is 12.8 Å². The first-order valence-electron chi connectivity index (χ1n) is 8.24. The number of nitrogens with one attached hydrogen (secondary N) is 1. The highest BCUT2D eigenvalue weighted by Gasteiger charge is 2.40. The number of carbonyl (C=O) groups is 1. The van der Waals surface area contributed by atoms with Gasteiger partial charge in [-0.25, -0.2) is 0 Å². The average molecular weight is 321 g/mol. The third-order valence-corrected chi connectivity index (χ3v) is 4.17. The van der Waals surface area contributed by atoms with Gasteiger partial charge in [0.05, 0.1) is 6.61 Å². The summed E-state index contributed by atoms with van der Waals surface area (Å²) >= 11 is 0. The molecule has 1 saturated heterocycles. The lowest BCUT2D eigenvalue weighted by Crippen LogP contribution is -2.63. The van der Waals surface area contributed by atoms with Gasteiger partial charge in [-0.15, -0.1) is 0 Å². The number of rotatable bonds is 6. The standard InChI is InChI=1S/C16H23N3O4/c1-2-3-4-5-9-22-16-14-17-19-7-6-12(20)11-13(19)15(21)18(14)8-10-23-16/h6-7,11,14,16-17H,2-5,8-10H2,1H3. The van der Waals surface area contributed by atoms with Crippen LogP contribution in [0.4, 0.5) is 0 Å². The van der Waals surface area contributed by atoms with Crippen molar-refractivity contribution in [1.29, 1.82) is 0 Å². The predicted molar refractivity (Wildman–Crippen MR) is 84.7 cm³/mol. The van der Waals surface area contributed by atoms with Gasteiger partial charge in [0.1, 0.15) is 5.69 Å². The Balaban J connectivity index is 1.68. The molecule has 0 saturated carbocycles. The summed E-state index contributed by atoms with van der Waals surface area (Å²) in [4.78, 5) is 25.7. The molecule has 126 valence electrons. The van der Waals surface area contributed by atoms with Gasteiger partial charge in [-0.2, -0.15) is 0 Å². The van der Waals surface area contributed by atoms with Crippen molar-refractivity contribution in [1.82, 2.24) is 9.58 Å². The van der Waals surface area contributed by atoms with E-state index in [-0.39, 0.29) is 17.5 Å². The zero-order chi connectivity index (χ0) is 16.2. The first kappa shape index (κ1) is 16.0. The number of amides is 1. The van der Waals surface area contributed by atoms with Crippen LogP contribution in [0, 0.1) is 0 Å². The molecular formula is C16H23N3O4. The van der Waals surface area contributed by atoms with Crippen molar-refractivity contribution in [3.63, 3.8) is 0 Å². The number of pyridine rings is 1. The maximum Gasteiger partial charge on any atom is 0.274 e. The van der Waals surface area contributed by atoms with Crippen LogP contribution in [-0.2, 0) is 9.47 Å². The summed E-state index contributed by atoms with van der Waals surface area (Å²) in [5.41, 5.74) is 3.36. The van der Waals surface area contributed by atoms with Crippen LogP contribution in [0.15, 0.2) is 23.1 Å². The molecule has 1 fully saturated rings. The maximum atomic E-state index is 12.6. The van der Waals surface area contributed by atoms with E-state index in [0.29, 0.717) is 25.5 Å². The minimum atomic E-state index is -0.498. The van der Waals surface area contributed by atoms with E-state index in [4.69, 9.17) is 9.47 Å². The van der Waals surface area contributed by atoms with Crippen LogP contribution in [0.2, 0.25) is 0 Å². The maximum absolute atomic E-state index is 12.6. The minimum absolute atomic E-state index is 0.172. The summed E-state index contributed by atoms with van der Waals surface area (Å²) in [6.07, 6.45) is 5.19. The van der Waals surface area contributed by atoms with Crippen LogP contribution in [0.25, 0.3) is 0 Å². The number of hydrogen-bond acceptors (Lipinski definition) is 5. The van der Waals surface area contributed by atoms with Crippen molar-refractivity contribution in [3.05, 3.63) is 34.2 Å². The molecule has 2 unspecified atom stereocenters. The molecule has 1 N–H and O–H groups in total. The average Bonchev–Trinajstić information content (AvgIpc) is 2.56. The number of ether oxygens (including phenoxy) is 2. The smallest absolute Gasteiger partial charge is 0.274 e. The van der Waals surface area contributed by atoms with Gasteiger partial charge < -0.3 is 14.4 Å². The van der Waals surface area contributed by atoms with E-state index >= 15 is 0 Å². The van der Waals surface area contributed by atoms with Gasteiger partial charge in [0.15, 0.2) is 17.9 Å². The topological polar surface area (TPSA) is 72.8 Å². The fraction of sp³-hybridized carbons (Fsp3) is 0.625. The lowest BCUT2D eigenvalue weighted by molar-refractivity contribution is -0.198. The summed E-state index contributed by atoms with van der Waals surface area (Å²) in [5.74, 6) is -0.172. The van der Waals surface area contributed by atoms with E-state index in [1.807, 2.05) is 0 Å². The molecule has 7 nitrogen and oxygen atoms in total. The second kappa shape index (κ2) is 7.14. The molecule has 0 aliphatic carbocycles. The van der Waals surface area contributed by atoms with Gasteiger partial charge >= 0.3 is 0 Å². The number of carbonyl (C=O) groups excluding carboxylic acids is 1. The molecule has 0 bridgehead atoms. The Kier molecular flexibility index (Phi) is 4.97. The predicted octanol–water partition coefficient (Wildman–Crippen LogP) is 1.13. The Morgan fingerprint density at radius 1 is 1.35 bits per heavy atom. The zero-order valence-electron chi connectivity index (χ0n) is 13.4. The summed E-state index contributed by atoms with van der Waals surface area (Å²) in [7, 11) is 0. The summed E-state index contributed by atoms with van der Waals surface area (Å²) in [6.45, 7) is 3.69. The van der Waals surface area contributed by atoms with Crippen molar-refractivity contribution >= 4 is 5.91 Å². The van der Waals surface area contributed by atoms with Crippen LogP contribution in [0.1, 0.15) is 43.1 Å². The van der Waals surface area contributed by atoms with Crippen molar-refractivity contribution in [2.24, 2.45) is 0 Å². The SMILES string of the molecule is CCCCCCOC1OCCN2C(=O)c3cc(=O)ccn3NC12. The third kappa shape index (κ3) is 3.40. The Morgan fingerprint density at radius 3 is 3.04 bits per heavy atom. The lowest BCUT2D eigenvalue weighted by Gasteiger charge is -2.44. The van der Waals surface area contributed by atoms with Crippen molar-refractivity contribution in [3.8, 4) is 0 Å². The van der Waals surface area contributed by atoms with Crippen LogP contribution < -0.4 is 10.9 Å². The van der Waals surface area contributed by atoms with Crippen LogP contribution >= 0.6 is 0 Å². The second-order valence-electron chi connectivity index (χ2n) is 5.86. The van der Waals surface area contributed by atoms with Gasteiger partial charge in [-0.1, -0.05) is 26.2 Å². The number of hydrogen-bond donors (Lipinski definition) is 1. The molecule has 1 amide bonds. The first-order chi connectivity index (χ1) is 11.2. The van der Waals surface area contributed by atoms with Crippen molar-refractivity contribution in [2.75, 3.05) is 25.2 Å². The van der Waals surface area contributed by atoms with Gasteiger partial charge in [0, 0.05) is 31.5 Å². The number of fused-ring (bicyclic) bond motifs is 2. The minimum Gasteiger partial charge on any atom is -0.349 e. The Bertz CT molecular complexity index is 616. The monoisotopic (exact) mass is 321 g/mol. The summed E-state index contributed by atoms with van der Waals surface area (Å²) in [6, 6.07) is 2.77. The molecule has 1 aromatic rings. The van der Waals surface area contributed by atoms with Crippen LogP contribution in [-0.4, -0.2) is 47.7 Å². The van der Waals surface area contributed by atoms with Crippen molar-refractivity contribution < 1.29 is 14.3 Å². The van der Waals surface area contributed by atoms with E-state index in [1.165, 1.54) is 25.0 Å². The third-order valence-electron chi connectivity index (χ3n) is 4.17. The molecule has 3 rings (SSSR count). The molecule has 3 heterocycles. The molecular weight excluding hydrogens is 298 g/mol. The highest BCUT2D eigenvalue weighted by molar-refractivity contribution is 5.93. The van der Waals surface area contributed by atoms with Gasteiger partial charge in [0.2, 0.25) is 0 Å². The molecule has 2 aliphatic heterocycles. The molecule has 0 spiro atoms. The van der Waals surface area contributed by atoms with Gasteiger partial charge in [0.25, 0.3) is 5.91 Å². The Morgan fingerprint density at radius 2 is 2.22 bits per heavy atom.